The quantitative estimate of drug-likeness (QED) is 0.758. The number of aromatic nitrogens is 1. The van der Waals surface area contributed by atoms with E-state index in [9.17, 15) is 13.2 Å². The topological polar surface area (TPSA) is 88.3 Å². The number of hydrogen-bond acceptors (Lipinski definition) is 4. The number of sulfonamides is 1. The zero-order valence-corrected chi connectivity index (χ0v) is 15.1. The SMILES string of the molecule is COCCS(=O)(=O)NCCc1cc2cc(C(C)C)ccc2[nH]c1=O. The second-order valence-electron chi connectivity index (χ2n) is 6.08. The number of ether oxygens (including phenoxy) is 1. The first-order chi connectivity index (χ1) is 11.3. The summed E-state index contributed by atoms with van der Waals surface area (Å²) in [5.74, 6) is 0.312. The van der Waals surface area contributed by atoms with Crippen molar-refractivity contribution < 1.29 is 13.2 Å². The van der Waals surface area contributed by atoms with E-state index in [1.807, 2.05) is 18.2 Å². The Bertz CT molecular complexity index is 857. The lowest BCUT2D eigenvalue weighted by molar-refractivity contribution is 0.217. The summed E-state index contributed by atoms with van der Waals surface area (Å²) in [5.41, 5.74) is 2.36. The molecule has 0 atom stereocenters. The highest BCUT2D eigenvalue weighted by molar-refractivity contribution is 7.89. The van der Waals surface area contributed by atoms with Crippen LogP contribution >= 0.6 is 0 Å². The zero-order valence-electron chi connectivity index (χ0n) is 14.3. The smallest absolute Gasteiger partial charge is 0.251 e. The van der Waals surface area contributed by atoms with Crippen LogP contribution in [0.4, 0.5) is 0 Å². The van der Waals surface area contributed by atoms with E-state index in [0.29, 0.717) is 17.9 Å². The van der Waals surface area contributed by atoms with Crippen LogP contribution in [0.5, 0.6) is 0 Å². The Morgan fingerprint density at radius 1 is 1.25 bits per heavy atom. The van der Waals surface area contributed by atoms with Crippen LogP contribution in [-0.2, 0) is 21.2 Å². The lowest BCUT2D eigenvalue weighted by Crippen LogP contribution is -2.31. The highest BCUT2D eigenvalue weighted by Gasteiger charge is 2.10. The van der Waals surface area contributed by atoms with Crippen LogP contribution in [0.15, 0.2) is 29.1 Å². The molecule has 2 rings (SSSR count). The average molecular weight is 352 g/mol. The molecule has 0 aliphatic heterocycles. The molecule has 1 aromatic carbocycles. The Kier molecular flexibility index (Phi) is 6.15. The van der Waals surface area contributed by atoms with Gasteiger partial charge in [-0.2, -0.15) is 0 Å². The van der Waals surface area contributed by atoms with Crippen molar-refractivity contribution in [2.45, 2.75) is 26.2 Å². The Morgan fingerprint density at radius 3 is 2.67 bits per heavy atom. The minimum Gasteiger partial charge on any atom is -0.384 e. The largest absolute Gasteiger partial charge is 0.384 e. The average Bonchev–Trinajstić information content (AvgIpc) is 2.52. The van der Waals surface area contributed by atoms with Crippen molar-refractivity contribution in [3.05, 3.63) is 45.7 Å². The van der Waals surface area contributed by atoms with E-state index in [4.69, 9.17) is 4.74 Å². The van der Waals surface area contributed by atoms with Crippen molar-refractivity contribution in [2.75, 3.05) is 26.0 Å². The van der Waals surface area contributed by atoms with Gasteiger partial charge in [0.2, 0.25) is 10.0 Å². The maximum atomic E-state index is 12.1. The summed E-state index contributed by atoms with van der Waals surface area (Å²) < 4.78 is 30.7. The van der Waals surface area contributed by atoms with Crippen molar-refractivity contribution in [1.29, 1.82) is 0 Å². The van der Waals surface area contributed by atoms with Crippen LogP contribution in [0.2, 0.25) is 0 Å². The van der Waals surface area contributed by atoms with E-state index in [0.717, 1.165) is 10.9 Å². The number of fused-ring (bicyclic) bond motifs is 1. The number of aromatic amines is 1. The molecule has 1 heterocycles. The Hall–Kier alpha value is -1.70. The van der Waals surface area contributed by atoms with Crippen LogP contribution in [0.25, 0.3) is 10.9 Å². The van der Waals surface area contributed by atoms with Gasteiger partial charge in [0.15, 0.2) is 0 Å². The second-order valence-corrected chi connectivity index (χ2v) is 8.01. The summed E-state index contributed by atoms with van der Waals surface area (Å²) in [6, 6.07) is 7.81. The molecule has 132 valence electrons. The van der Waals surface area contributed by atoms with Crippen molar-refractivity contribution >= 4 is 20.9 Å². The number of rotatable bonds is 8. The summed E-state index contributed by atoms with van der Waals surface area (Å²) in [7, 11) is -1.92. The number of pyridine rings is 1. The molecule has 2 aromatic rings. The maximum Gasteiger partial charge on any atom is 0.251 e. The standard InChI is InChI=1S/C17H24N2O4S/c1-12(2)13-4-5-16-15(10-13)11-14(17(20)19-16)6-7-18-24(21,22)9-8-23-3/h4-5,10-12,18H,6-9H2,1-3H3,(H,19,20). The molecule has 0 saturated heterocycles. The van der Waals surface area contributed by atoms with Crippen molar-refractivity contribution in [2.24, 2.45) is 0 Å². The lowest BCUT2D eigenvalue weighted by atomic mass is 10.0. The van der Waals surface area contributed by atoms with Gasteiger partial charge in [0.1, 0.15) is 0 Å². The summed E-state index contributed by atoms with van der Waals surface area (Å²) in [6.45, 7) is 4.56. The minimum atomic E-state index is -3.37. The summed E-state index contributed by atoms with van der Waals surface area (Å²) in [4.78, 5) is 15.0. The molecular weight excluding hydrogens is 328 g/mol. The molecule has 0 fully saturated rings. The monoisotopic (exact) mass is 352 g/mol. The van der Waals surface area contributed by atoms with Gasteiger partial charge in [0.25, 0.3) is 5.56 Å². The minimum absolute atomic E-state index is 0.0880. The molecule has 7 heteroatoms. The molecule has 0 amide bonds. The van der Waals surface area contributed by atoms with E-state index in [1.165, 1.54) is 12.7 Å². The third-order valence-electron chi connectivity index (χ3n) is 3.88. The van der Waals surface area contributed by atoms with Crippen LogP contribution in [0.1, 0.15) is 30.9 Å². The second kappa shape index (κ2) is 7.92. The van der Waals surface area contributed by atoms with Crippen LogP contribution < -0.4 is 10.3 Å². The van der Waals surface area contributed by atoms with E-state index in [-0.39, 0.29) is 24.5 Å². The highest BCUT2D eigenvalue weighted by atomic mass is 32.2. The first-order valence-electron chi connectivity index (χ1n) is 7.94. The Morgan fingerprint density at radius 2 is 2.00 bits per heavy atom. The molecule has 1 aromatic heterocycles. The molecule has 0 aliphatic rings. The summed E-state index contributed by atoms with van der Waals surface area (Å²) >= 11 is 0. The maximum absolute atomic E-state index is 12.1. The predicted octanol–water partition coefficient (Wildman–Crippen LogP) is 1.76. The molecule has 6 nitrogen and oxygen atoms in total. The number of H-pyrrole nitrogens is 1. The molecule has 0 unspecified atom stereocenters. The fraction of sp³-hybridized carbons (Fsp3) is 0.471. The molecular formula is C17H24N2O4S. The highest BCUT2D eigenvalue weighted by Crippen LogP contribution is 2.20. The first kappa shape index (κ1) is 18.6. The van der Waals surface area contributed by atoms with E-state index in [2.05, 4.69) is 29.6 Å². The van der Waals surface area contributed by atoms with Gasteiger partial charge in [-0.05, 0) is 41.5 Å². The predicted molar refractivity (Wildman–Crippen MR) is 96.0 cm³/mol. The van der Waals surface area contributed by atoms with Crippen molar-refractivity contribution in [1.82, 2.24) is 9.71 Å². The van der Waals surface area contributed by atoms with Gasteiger partial charge in [-0.3, -0.25) is 4.79 Å². The number of nitrogens with one attached hydrogen (secondary N) is 2. The van der Waals surface area contributed by atoms with Crippen molar-refractivity contribution in [3.8, 4) is 0 Å². The molecule has 0 aliphatic carbocycles. The molecule has 0 saturated carbocycles. The normalized spacial score (nSPS) is 12.2. The van der Waals surface area contributed by atoms with Gasteiger partial charge in [-0.15, -0.1) is 0 Å². The van der Waals surface area contributed by atoms with Gasteiger partial charge in [-0.25, -0.2) is 13.1 Å². The fourth-order valence-electron chi connectivity index (χ4n) is 2.42. The van der Waals surface area contributed by atoms with Gasteiger partial charge >= 0.3 is 0 Å². The van der Waals surface area contributed by atoms with Gasteiger partial charge in [0.05, 0.1) is 12.4 Å². The van der Waals surface area contributed by atoms with Gasteiger partial charge in [0, 0.05) is 24.7 Å². The van der Waals surface area contributed by atoms with Gasteiger partial charge in [-0.1, -0.05) is 19.9 Å². The molecule has 0 spiro atoms. The number of methoxy groups -OCH3 is 1. The number of benzene rings is 1. The molecule has 24 heavy (non-hydrogen) atoms. The summed E-state index contributed by atoms with van der Waals surface area (Å²) in [5, 5.41) is 0.957. The fourth-order valence-corrected chi connectivity index (χ4v) is 3.37. The lowest BCUT2D eigenvalue weighted by Gasteiger charge is -2.09. The van der Waals surface area contributed by atoms with E-state index >= 15 is 0 Å². The molecule has 0 bridgehead atoms. The van der Waals surface area contributed by atoms with Crippen LogP contribution in [0.3, 0.4) is 0 Å². The third kappa shape index (κ3) is 4.90. The van der Waals surface area contributed by atoms with E-state index in [1.54, 1.807) is 0 Å². The summed E-state index contributed by atoms with van der Waals surface area (Å²) in [6.07, 6.45) is 0.337. The Labute approximate surface area is 142 Å². The van der Waals surface area contributed by atoms with E-state index < -0.39 is 10.0 Å². The van der Waals surface area contributed by atoms with Crippen LogP contribution in [-0.4, -0.2) is 39.4 Å². The molecule has 0 radical (unpaired) electrons. The molecule has 2 N–H and O–H groups in total. The third-order valence-corrected chi connectivity index (χ3v) is 5.23. The Balaban J connectivity index is 2.14. The zero-order chi connectivity index (χ0) is 17.7. The van der Waals surface area contributed by atoms with Crippen LogP contribution in [0, 0.1) is 0 Å². The number of hydrogen-bond donors (Lipinski definition) is 2. The van der Waals surface area contributed by atoms with Crippen molar-refractivity contribution in [3.63, 3.8) is 0 Å². The van der Waals surface area contributed by atoms with Gasteiger partial charge < -0.3 is 9.72 Å². The first-order valence-corrected chi connectivity index (χ1v) is 9.60.